The summed E-state index contributed by atoms with van der Waals surface area (Å²) < 4.78 is 0. The molecule has 0 saturated carbocycles. The van der Waals surface area contributed by atoms with Crippen LogP contribution in [0, 0.1) is 0 Å². The second-order valence-corrected chi connectivity index (χ2v) is 6.66. The van der Waals surface area contributed by atoms with Crippen LogP contribution in [0.15, 0.2) is 109 Å². The molecular formula is C25H22N2. The van der Waals surface area contributed by atoms with Crippen molar-refractivity contribution in [1.29, 1.82) is 0 Å². The lowest BCUT2D eigenvalue weighted by atomic mass is 9.64. The maximum Gasteiger partial charge on any atom is 0.0722 e. The van der Waals surface area contributed by atoms with Crippen molar-refractivity contribution in [2.75, 3.05) is 11.5 Å². The minimum atomic E-state index is -0.552. The lowest BCUT2D eigenvalue weighted by Crippen LogP contribution is -2.32. The lowest BCUT2D eigenvalue weighted by molar-refractivity contribution is 0.748. The van der Waals surface area contributed by atoms with Gasteiger partial charge >= 0.3 is 0 Å². The van der Waals surface area contributed by atoms with Crippen molar-refractivity contribution in [3.05, 3.63) is 131 Å². The van der Waals surface area contributed by atoms with E-state index in [9.17, 15) is 0 Å². The Morgan fingerprint density at radius 2 is 0.852 bits per heavy atom. The number of rotatable bonds is 4. The number of para-hydroxylation sites is 1. The molecule has 0 unspecified atom stereocenters. The summed E-state index contributed by atoms with van der Waals surface area (Å²) in [7, 11) is 0. The molecule has 4 N–H and O–H groups in total. The summed E-state index contributed by atoms with van der Waals surface area (Å²) in [6, 6.07) is 37.4. The van der Waals surface area contributed by atoms with Gasteiger partial charge in [-0.2, -0.15) is 0 Å². The number of anilines is 2. The van der Waals surface area contributed by atoms with Crippen LogP contribution in [-0.4, -0.2) is 0 Å². The fraction of sp³-hybridized carbons (Fsp3) is 0.0400. The van der Waals surface area contributed by atoms with Crippen LogP contribution in [0.2, 0.25) is 0 Å². The van der Waals surface area contributed by atoms with Crippen LogP contribution < -0.4 is 11.5 Å². The van der Waals surface area contributed by atoms with E-state index in [1.807, 2.05) is 30.3 Å². The van der Waals surface area contributed by atoms with E-state index >= 15 is 0 Å². The minimum absolute atomic E-state index is 0.552. The van der Waals surface area contributed by atoms with Gasteiger partial charge in [-0.1, -0.05) is 103 Å². The molecule has 132 valence electrons. The average molecular weight is 350 g/mol. The van der Waals surface area contributed by atoms with E-state index in [0.717, 1.165) is 22.3 Å². The molecule has 27 heavy (non-hydrogen) atoms. The maximum atomic E-state index is 6.56. The Balaban J connectivity index is 2.18. The molecule has 0 spiro atoms. The number of nitrogen functional groups attached to an aromatic ring is 2. The van der Waals surface area contributed by atoms with Crippen molar-refractivity contribution in [1.82, 2.24) is 0 Å². The Labute approximate surface area is 160 Å². The molecule has 0 aliphatic carbocycles. The highest BCUT2D eigenvalue weighted by atomic mass is 14.7. The van der Waals surface area contributed by atoms with Gasteiger partial charge in [0.05, 0.1) is 16.8 Å². The van der Waals surface area contributed by atoms with Gasteiger partial charge in [0.15, 0.2) is 0 Å². The Morgan fingerprint density at radius 3 is 1.26 bits per heavy atom. The predicted molar refractivity (Wildman–Crippen MR) is 114 cm³/mol. The van der Waals surface area contributed by atoms with E-state index in [4.69, 9.17) is 11.5 Å². The van der Waals surface area contributed by atoms with Gasteiger partial charge in [-0.25, -0.2) is 0 Å². The van der Waals surface area contributed by atoms with E-state index in [0.29, 0.717) is 11.4 Å². The third kappa shape index (κ3) is 2.76. The molecule has 0 aliphatic heterocycles. The highest BCUT2D eigenvalue weighted by molar-refractivity contribution is 5.75. The Morgan fingerprint density at radius 1 is 0.444 bits per heavy atom. The van der Waals surface area contributed by atoms with Crippen molar-refractivity contribution in [3.63, 3.8) is 0 Å². The van der Waals surface area contributed by atoms with Crippen LogP contribution in [0.25, 0.3) is 0 Å². The van der Waals surface area contributed by atoms with E-state index < -0.39 is 5.41 Å². The van der Waals surface area contributed by atoms with Crippen molar-refractivity contribution >= 4 is 11.4 Å². The largest absolute Gasteiger partial charge is 0.397 e. The summed E-state index contributed by atoms with van der Waals surface area (Å²) in [6.45, 7) is 0. The summed E-state index contributed by atoms with van der Waals surface area (Å²) in [5.41, 5.74) is 17.9. The summed E-state index contributed by atoms with van der Waals surface area (Å²) >= 11 is 0. The molecule has 0 aromatic heterocycles. The first-order chi connectivity index (χ1) is 13.2. The fourth-order valence-electron chi connectivity index (χ4n) is 3.94. The van der Waals surface area contributed by atoms with E-state index in [2.05, 4.69) is 78.9 Å². The van der Waals surface area contributed by atoms with Crippen LogP contribution in [0.3, 0.4) is 0 Å². The third-order valence-electron chi connectivity index (χ3n) is 5.16. The minimum Gasteiger partial charge on any atom is -0.397 e. The highest BCUT2D eigenvalue weighted by Gasteiger charge is 2.39. The fourth-order valence-corrected chi connectivity index (χ4v) is 3.94. The molecule has 0 radical (unpaired) electrons. The zero-order valence-corrected chi connectivity index (χ0v) is 15.0. The second-order valence-electron chi connectivity index (χ2n) is 6.66. The van der Waals surface area contributed by atoms with Crippen molar-refractivity contribution in [3.8, 4) is 0 Å². The summed E-state index contributed by atoms with van der Waals surface area (Å²) in [6.07, 6.45) is 0. The van der Waals surface area contributed by atoms with Crippen molar-refractivity contribution < 1.29 is 0 Å². The zero-order chi connectivity index (χ0) is 18.7. The Kier molecular flexibility index (Phi) is 4.39. The quantitative estimate of drug-likeness (QED) is 0.391. The molecule has 4 rings (SSSR count). The van der Waals surface area contributed by atoms with Crippen LogP contribution in [-0.2, 0) is 5.41 Å². The monoisotopic (exact) mass is 350 g/mol. The van der Waals surface area contributed by atoms with Crippen LogP contribution in [0.4, 0.5) is 11.4 Å². The second kappa shape index (κ2) is 7.00. The number of nitrogens with two attached hydrogens (primary N) is 2. The zero-order valence-electron chi connectivity index (χ0n) is 15.0. The standard InChI is InChI=1S/C25H22N2/c26-23-18-10-17-22(24(23)27)25(19-11-4-1-5-12-19,20-13-6-2-7-14-20)21-15-8-3-9-16-21/h1-18H,26-27H2. The van der Waals surface area contributed by atoms with Crippen molar-refractivity contribution in [2.24, 2.45) is 0 Å². The first-order valence-corrected chi connectivity index (χ1v) is 9.05. The van der Waals surface area contributed by atoms with E-state index in [1.165, 1.54) is 0 Å². The predicted octanol–water partition coefficient (Wildman–Crippen LogP) is 5.23. The van der Waals surface area contributed by atoms with Gasteiger partial charge in [-0.05, 0) is 28.3 Å². The Bertz CT molecular complexity index is 929. The van der Waals surface area contributed by atoms with Gasteiger partial charge in [-0.15, -0.1) is 0 Å². The summed E-state index contributed by atoms with van der Waals surface area (Å²) in [5, 5.41) is 0. The number of hydrogen-bond donors (Lipinski definition) is 2. The van der Waals surface area contributed by atoms with Gasteiger partial charge in [-0.3, -0.25) is 0 Å². The molecule has 0 bridgehead atoms. The van der Waals surface area contributed by atoms with Gasteiger partial charge in [0.1, 0.15) is 0 Å². The molecule has 0 aliphatic rings. The Hall–Kier alpha value is -3.52. The number of hydrogen-bond acceptors (Lipinski definition) is 2. The SMILES string of the molecule is Nc1cccc(C(c2ccccc2)(c2ccccc2)c2ccccc2)c1N. The smallest absolute Gasteiger partial charge is 0.0722 e. The molecular weight excluding hydrogens is 328 g/mol. The summed E-state index contributed by atoms with van der Waals surface area (Å²) in [4.78, 5) is 0. The summed E-state index contributed by atoms with van der Waals surface area (Å²) in [5.74, 6) is 0. The molecule has 0 saturated heterocycles. The van der Waals surface area contributed by atoms with Crippen LogP contribution >= 0.6 is 0 Å². The molecule has 0 fully saturated rings. The molecule has 0 atom stereocenters. The first kappa shape index (κ1) is 16.9. The molecule has 2 heteroatoms. The van der Waals surface area contributed by atoms with Gasteiger partial charge < -0.3 is 11.5 Å². The van der Waals surface area contributed by atoms with Crippen LogP contribution in [0.1, 0.15) is 22.3 Å². The average Bonchev–Trinajstić information content (AvgIpc) is 2.74. The highest BCUT2D eigenvalue weighted by Crippen LogP contribution is 2.47. The molecule has 4 aromatic carbocycles. The third-order valence-corrected chi connectivity index (χ3v) is 5.16. The van der Waals surface area contributed by atoms with Gasteiger partial charge in [0.2, 0.25) is 0 Å². The van der Waals surface area contributed by atoms with Gasteiger partial charge in [0.25, 0.3) is 0 Å². The number of benzene rings is 4. The normalized spacial score (nSPS) is 11.3. The maximum absolute atomic E-state index is 6.56. The molecule has 0 heterocycles. The molecule has 0 amide bonds. The first-order valence-electron chi connectivity index (χ1n) is 9.05. The van der Waals surface area contributed by atoms with Crippen LogP contribution in [0.5, 0.6) is 0 Å². The van der Waals surface area contributed by atoms with Gasteiger partial charge in [0, 0.05) is 0 Å². The lowest BCUT2D eigenvalue weighted by Gasteiger charge is -2.37. The molecule has 4 aromatic rings. The molecule has 2 nitrogen and oxygen atoms in total. The van der Waals surface area contributed by atoms with E-state index in [1.54, 1.807) is 0 Å². The van der Waals surface area contributed by atoms with Crippen molar-refractivity contribution in [2.45, 2.75) is 5.41 Å². The van der Waals surface area contributed by atoms with E-state index in [-0.39, 0.29) is 0 Å². The topological polar surface area (TPSA) is 52.0 Å².